The maximum Gasteiger partial charge on any atom is 0.156 e. The minimum absolute atomic E-state index is 0.275. The first-order valence-electron chi connectivity index (χ1n) is 15.9. The lowest BCUT2D eigenvalue weighted by atomic mass is 9.75. The van der Waals surface area contributed by atoms with E-state index in [2.05, 4.69) is 53.3 Å². The highest BCUT2D eigenvalue weighted by Crippen LogP contribution is 2.52. The number of nitrogens with zero attached hydrogens (tertiary/aromatic N) is 4. The number of aryl methyl sites for hydroxylation is 1. The van der Waals surface area contributed by atoms with Crippen LogP contribution < -0.4 is 4.74 Å². The predicted molar refractivity (Wildman–Crippen MR) is 186 cm³/mol. The fourth-order valence-electron chi connectivity index (χ4n) is 7.33. The number of ether oxygens (including phenoxy) is 1. The lowest BCUT2D eigenvalue weighted by Gasteiger charge is -2.35. The van der Waals surface area contributed by atoms with Crippen molar-refractivity contribution < 1.29 is 9.13 Å². The second-order valence-electron chi connectivity index (χ2n) is 12.8. The monoisotopic (exact) mass is 614 g/mol. The summed E-state index contributed by atoms with van der Waals surface area (Å²) < 4.78 is 27.5. The number of alkyl halides is 1. The Morgan fingerprint density at radius 1 is 0.745 bits per heavy atom. The Kier molecular flexibility index (Phi) is 5.94. The number of fused-ring (bicyclic) bond motifs is 7. The Bertz CT molecular complexity index is 2520. The summed E-state index contributed by atoms with van der Waals surface area (Å²) in [5, 5.41) is 2.06. The molecule has 0 bridgehead atoms. The Morgan fingerprint density at radius 3 is 2.40 bits per heavy atom. The SMILES string of the molecule is Cn1c(-c2cccc(C(F)c3cccc(-n4c5ncccc5c5ccc6c(c54)Oc4ccccc4C6(C)C)c3)c2)nc2ccccc21. The van der Waals surface area contributed by atoms with Gasteiger partial charge in [0.25, 0.3) is 0 Å². The van der Waals surface area contributed by atoms with Gasteiger partial charge in [0, 0.05) is 51.8 Å². The van der Waals surface area contributed by atoms with E-state index in [4.69, 9.17) is 14.7 Å². The van der Waals surface area contributed by atoms with Gasteiger partial charge in [-0.2, -0.15) is 0 Å². The van der Waals surface area contributed by atoms with Gasteiger partial charge < -0.3 is 9.30 Å². The highest BCUT2D eigenvalue weighted by atomic mass is 19.1. The molecule has 4 heterocycles. The molecular weight excluding hydrogens is 583 g/mol. The lowest BCUT2D eigenvalue weighted by molar-refractivity contribution is 0.402. The van der Waals surface area contributed by atoms with Crippen LogP contribution in [0.3, 0.4) is 0 Å². The molecular formula is C41H31FN4O. The summed E-state index contributed by atoms with van der Waals surface area (Å²) in [7, 11) is 2.00. The van der Waals surface area contributed by atoms with Gasteiger partial charge in [0.05, 0.1) is 16.6 Å². The normalized spacial score (nSPS) is 14.2. The van der Waals surface area contributed by atoms with Crippen molar-refractivity contribution in [2.45, 2.75) is 25.4 Å². The molecule has 0 radical (unpaired) electrons. The number of pyridine rings is 1. The van der Waals surface area contributed by atoms with E-state index < -0.39 is 6.17 Å². The largest absolute Gasteiger partial charge is 0.454 e. The molecule has 47 heavy (non-hydrogen) atoms. The van der Waals surface area contributed by atoms with Crippen molar-refractivity contribution in [3.05, 3.63) is 150 Å². The van der Waals surface area contributed by atoms with Gasteiger partial charge in [-0.15, -0.1) is 0 Å². The summed E-state index contributed by atoms with van der Waals surface area (Å²) in [6.45, 7) is 4.47. The van der Waals surface area contributed by atoms with Crippen LogP contribution in [-0.4, -0.2) is 19.1 Å². The van der Waals surface area contributed by atoms with Gasteiger partial charge in [-0.25, -0.2) is 14.4 Å². The molecule has 0 saturated heterocycles. The molecule has 3 aromatic heterocycles. The number of benzene rings is 5. The third kappa shape index (κ3) is 4.07. The molecule has 228 valence electrons. The number of aromatic nitrogens is 4. The molecule has 0 spiro atoms. The minimum Gasteiger partial charge on any atom is -0.454 e. The predicted octanol–water partition coefficient (Wildman–Crippen LogP) is 10.2. The van der Waals surface area contributed by atoms with Crippen LogP contribution in [0.2, 0.25) is 0 Å². The van der Waals surface area contributed by atoms with E-state index in [-0.39, 0.29) is 5.41 Å². The van der Waals surface area contributed by atoms with Crippen LogP contribution in [0.4, 0.5) is 4.39 Å². The molecule has 5 nitrogen and oxygen atoms in total. The van der Waals surface area contributed by atoms with Crippen molar-refractivity contribution in [1.82, 2.24) is 19.1 Å². The molecule has 1 atom stereocenters. The Hall–Kier alpha value is -5.75. The van der Waals surface area contributed by atoms with Crippen LogP contribution in [0.15, 0.2) is 128 Å². The first-order valence-corrected chi connectivity index (χ1v) is 15.9. The highest BCUT2D eigenvalue weighted by Gasteiger charge is 2.36. The van der Waals surface area contributed by atoms with Crippen molar-refractivity contribution in [2.24, 2.45) is 7.05 Å². The van der Waals surface area contributed by atoms with E-state index in [0.717, 1.165) is 72.7 Å². The van der Waals surface area contributed by atoms with Gasteiger partial charge in [-0.05, 0) is 59.7 Å². The van der Waals surface area contributed by atoms with E-state index in [1.807, 2.05) is 98.0 Å². The zero-order valence-electron chi connectivity index (χ0n) is 26.3. The standard InChI is InChI=1S/C41H31FN4O/c1-41(2)31-16-4-7-19-35(31)47-38-32(41)21-20-29-30-15-10-22-43-40(30)46(37(29)38)28-14-9-12-26(24-28)36(42)25-11-8-13-27(23-25)39-44-33-17-5-6-18-34(33)45(39)3/h4-24,36H,1-3H3. The molecule has 0 fully saturated rings. The van der Waals surface area contributed by atoms with Crippen molar-refractivity contribution in [1.29, 1.82) is 0 Å². The smallest absolute Gasteiger partial charge is 0.156 e. The second kappa shape index (κ2) is 10.1. The summed E-state index contributed by atoms with van der Waals surface area (Å²) >= 11 is 0. The zero-order valence-corrected chi connectivity index (χ0v) is 26.3. The first-order chi connectivity index (χ1) is 22.9. The summed E-state index contributed by atoms with van der Waals surface area (Å²) in [6.07, 6.45) is 0.458. The fraction of sp³-hybridized carbons (Fsp3) is 0.122. The van der Waals surface area contributed by atoms with Gasteiger partial charge in [0.1, 0.15) is 17.2 Å². The molecule has 0 saturated carbocycles. The third-order valence-corrected chi connectivity index (χ3v) is 9.74. The molecule has 0 N–H and O–H groups in total. The van der Waals surface area contributed by atoms with Crippen molar-refractivity contribution >= 4 is 33.0 Å². The van der Waals surface area contributed by atoms with Gasteiger partial charge in [0.15, 0.2) is 11.9 Å². The molecule has 0 aliphatic carbocycles. The van der Waals surface area contributed by atoms with Crippen LogP contribution in [-0.2, 0) is 12.5 Å². The maximum absolute atomic E-state index is 16.6. The first kappa shape index (κ1) is 27.6. The van der Waals surface area contributed by atoms with Crippen molar-refractivity contribution in [3.8, 4) is 28.6 Å². The minimum atomic E-state index is -1.35. The number of hydrogen-bond donors (Lipinski definition) is 0. The van der Waals surface area contributed by atoms with Crippen LogP contribution in [0.1, 0.15) is 42.3 Å². The van der Waals surface area contributed by atoms with Crippen molar-refractivity contribution in [2.75, 3.05) is 0 Å². The molecule has 6 heteroatoms. The molecule has 9 rings (SSSR count). The number of halogens is 1. The number of rotatable bonds is 4. The van der Waals surface area contributed by atoms with Crippen molar-refractivity contribution in [3.63, 3.8) is 0 Å². The molecule has 1 unspecified atom stereocenters. The van der Waals surface area contributed by atoms with Gasteiger partial charge in [-0.1, -0.05) is 86.6 Å². The summed E-state index contributed by atoms with van der Waals surface area (Å²) in [5.41, 5.74) is 8.49. The van der Waals surface area contributed by atoms with E-state index >= 15 is 4.39 Å². The molecule has 8 aromatic rings. The van der Waals surface area contributed by atoms with Gasteiger partial charge in [-0.3, -0.25) is 4.57 Å². The van der Waals surface area contributed by atoms with Crippen LogP contribution in [0, 0.1) is 0 Å². The van der Waals surface area contributed by atoms with E-state index in [1.54, 1.807) is 6.20 Å². The molecule has 5 aromatic carbocycles. The molecule has 1 aliphatic heterocycles. The second-order valence-corrected chi connectivity index (χ2v) is 12.8. The van der Waals surface area contributed by atoms with Gasteiger partial charge in [0.2, 0.25) is 0 Å². The van der Waals surface area contributed by atoms with Crippen LogP contribution >= 0.6 is 0 Å². The maximum atomic E-state index is 16.6. The van der Waals surface area contributed by atoms with E-state index in [1.165, 1.54) is 0 Å². The number of hydrogen-bond acceptors (Lipinski definition) is 3. The average Bonchev–Trinajstić information content (AvgIpc) is 3.63. The zero-order chi connectivity index (χ0) is 31.9. The summed E-state index contributed by atoms with van der Waals surface area (Å²) in [6, 6.07) is 40.0. The van der Waals surface area contributed by atoms with E-state index in [0.29, 0.717) is 11.1 Å². The Morgan fingerprint density at radius 2 is 1.53 bits per heavy atom. The average molecular weight is 615 g/mol. The quantitative estimate of drug-likeness (QED) is 0.198. The topological polar surface area (TPSA) is 44.9 Å². The number of imidazole rings is 1. The molecule has 1 aliphatic rings. The Balaban J connectivity index is 1.19. The Labute approximate surface area is 271 Å². The third-order valence-electron chi connectivity index (χ3n) is 9.74. The number of para-hydroxylation sites is 3. The van der Waals surface area contributed by atoms with E-state index in [9.17, 15) is 0 Å². The summed E-state index contributed by atoms with van der Waals surface area (Å²) in [4.78, 5) is 9.67. The lowest BCUT2D eigenvalue weighted by Crippen LogP contribution is -2.24. The highest BCUT2D eigenvalue weighted by molar-refractivity contribution is 6.10. The van der Waals surface area contributed by atoms with Gasteiger partial charge >= 0.3 is 0 Å². The molecule has 0 amide bonds. The fourth-order valence-corrected chi connectivity index (χ4v) is 7.33. The van der Waals surface area contributed by atoms with Crippen LogP contribution in [0.25, 0.3) is 50.0 Å². The van der Waals surface area contributed by atoms with Crippen LogP contribution in [0.5, 0.6) is 11.5 Å². The summed E-state index contributed by atoms with van der Waals surface area (Å²) in [5.74, 6) is 2.46.